The van der Waals surface area contributed by atoms with Crippen molar-refractivity contribution in [3.63, 3.8) is 0 Å². The second-order valence-corrected chi connectivity index (χ2v) is 6.51. The monoisotopic (exact) mass is 346 g/mol. The van der Waals surface area contributed by atoms with Gasteiger partial charge in [-0.15, -0.1) is 10.2 Å². The number of nitrogens with one attached hydrogen (secondary N) is 1. The van der Waals surface area contributed by atoms with E-state index in [-0.39, 0.29) is 0 Å². The summed E-state index contributed by atoms with van der Waals surface area (Å²) in [4.78, 5) is 11.5. The van der Waals surface area contributed by atoms with E-state index < -0.39 is 0 Å². The van der Waals surface area contributed by atoms with Crippen LogP contribution in [0.25, 0.3) is 17.0 Å². The van der Waals surface area contributed by atoms with E-state index >= 15 is 0 Å². The maximum absolute atomic E-state index is 4.74. The van der Waals surface area contributed by atoms with E-state index in [4.69, 9.17) is 4.98 Å². The Hall–Kier alpha value is -3.29. The molecule has 4 heterocycles. The number of anilines is 1. The molecule has 0 saturated carbocycles. The topological polar surface area (TPSA) is 87.9 Å². The molecule has 1 atom stereocenters. The van der Waals surface area contributed by atoms with Gasteiger partial charge in [0.15, 0.2) is 11.6 Å². The normalized spacial score (nSPS) is 17.7. The lowest BCUT2D eigenvalue weighted by Gasteiger charge is -2.32. The zero-order valence-corrected chi connectivity index (χ0v) is 14.2. The van der Waals surface area contributed by atoms with Crippen molar-refractivity contribution in [2.45, 2.75) is 18.8 Å². The number of benzene rings is 1. The molecule has 1 aliphatic heterocycles. The summed E-state index contributed by atoms with van der Waals surface area (Å²) in [5, 5.41) is 15.7. The first-order valence-corrected chi connectivity index (χ1v) is 8.75. The van der Waals surface area contributed by atoms with Crippen LogP contribution in [0.5, 0.6) is 0 Å². The maximum atomic E-state index is 4.74. The molecule has 1 aromatic carbocycles. The molecular formula is C18H18N8. The average molecular weight is 346 g/mol. The number of nitrogens with zero attached hydrogens (tertiary/aromatic N) is 7. The van der Waals surface area contributed by atoms with Crippen molar-refractivity contribution < 1.29 is 0 Å². The van der Waals surface area contributed by atoms with Crippen LogP contribution in [0.1, 0.15) is 24.6 Å². The Bertz CT molecular complexity index is 1020. The van der Waals surface area contributed by atoms with E-state index in [0.29, 0.717) is 5.92 Å². The molecule has 0 unspecified atom stereocenters. The van der Waals surface area contributed by atoms with Gasteiger partial charge in [-0.25, -0.2) is 9.97 Å². The summed E-state index contributed by atoms with van der Waals surface area (Å²) in [5.41, 5.74) is 1.81. The van der Waals surface area contributed by atoms with Gasteiger partial charge >= 0.3 is 0 Å². The highest BCUT2D eigenvalue weighted by atomic mass is 15.3. The van der Waals surface area contributed by atoms with Crippen LogP contribution >= 0.6 is 0 Å². The minimum Gasteiger partial charge on any atom is -0.353 e. The fourth-order valence-electron chi connectivity index (χ4n) is 3.53. The number of hydrogen-bond acceptors (Lipinski definition) is 6. The van der Waals surface area contributed by atoms with Crippen molar-refractivity contribution in [1.82, 2.24) is 34.8 Å². The number of piperidine rings is 1. The summed E-state index contributed by atoms with van der Waals surface area (Å²) in [6.45, 7) is 1.79. The van der Waals surface area contributed by atoms with Crippen LogP contribution in [0.4, 0.5) is 5.82 Å². The molecule has 26 heavy (non-hydrogen) atoms. The van der Waals surface area contributed by atoms with Crippen molar-refractivity contribution in [3.8, 4) is 11.4 Å². The Kier molecular flexibility index (Phi) is 3.59. The van der Waals surface area contributed by atoms with Crippen LogP contribution in [-0.2, 0) is 0 Å². The van der Waals surface area contributed by atoms with E-state index in [9.17, 15) is 0 Å². The third kappa shape index (κ3) is 2.59. The Morgan fingerprint density at radius 1 is 1.15 bits per heavy atom. The van der Waals surface area contributed by atoms with Gasteiger partial charge in [0.1, 0.15) is 12.2 Å². The van der Waals surface area contributed by atoms with Gasteiger partial charge in [-0.3, -0.25) is 9.50 Å². The standard InChI is InChI=1S/C18H18N8/c1-2-5-13(6-3-1)15-21-16(23-22-15)14-7-4-9-25(11-14)17-18-24-20-12-26(18)10-8-19-17/h1-3,5-6,8,10,12,14H,4,7,9,11H2,(H,21,22,23)/t14-/m1/s1. The number of aromatic amines is 1. The predicted octanol–water partition coefficient (Wildman–Crippen LogP) is 2.29. The van der Waals surface area contributed by atoms with Gasteiger partial charge in [-0.05, 0) is 12.8 Å². The molecule has 0 aliphatic carbocycles. The average Bonchev–Trinajstić information content (AvgIpc) is 3.38. The second kappa shape index (κ2) is 6.21. The molecule has 5 rings (SSSR count). The van der Waals surface area contributed by atoms with Crippen LogP contribution in [0.2, 0.25) is 0 Å². The first-order valence-electron chi connectivity index (χ1n) is 8.75. The molecule has 1 N–H and O–H groups in total. The fourth-order valence-corrected chi connectivity index (χ4v) is 3.53. The van der Waals surface area contributed by atoms with Gasteiger partial charge in [0.25, 0.3) is 0 Å². The van der Waals surface area contributed by atoms with Gasteiger partial charge in [0, 0.05) is 37.0 Å². The highest BCUT2D eigenvalue weighted by molar-refractivity contribution is 5.63. The first kappa shape index (κ1) is 15.0. The van der Waals surface area contributed by atoms with Crippen LogP contribution in [0.15, 0.2) is 49.1 Å². The Morgan fingerprint density at radius 3 is 3.00 bits per heavy atom. The number of aromatic nitrogens is 7. The summed E-state index contributed by atoms with van der Waals surface area (Å²) < 4.78 is 1.90. The lowest BCUT2D eigenvalue weighted by Crippen LogP contribution is -2.35. The van der Waals surface area contributed by atoms with Crippen molar-refractivity contribution in [2.75, 3.05) is 18.0 Å². The van der Waals surface area contributed by atoms with Gasteiger partial charge in [-0.2, -0.15) is 5.10 Å². The number of H-pyrrole nitrogens is 1. The molecule has 0 radical (unpaired) electrons. The maximum Gasteiger partial charge on any atom is 0.203 e. The zero-order valence-electron chi connectivity index (χ0n) is 14.2. The lowest BCUT2D eigenvalue weighted by atomic mass is 9.97. The van der Waals surface area contributed by atoms with Crippen LogP contribution in [0.3, 0.4) is 0 Å². The Labute approximate surface area is 149 Å². The second-order valence-electron chi connectivity index (χ2n) is 6.51. The molecule has 0 spiro atoms. The molecule has 1 saturated heterocycles. The third-order valence-corrected chi connectivity index (χ3v) is 4.84. The molecule has 130 valence electrons. The molecule has 1 fully saturated rings. The molecule has 3 aromatic heterocycles. The Balaban J connectivity index is 1.41. The molecule has 0 bridgehead atoms. The van der Waals surface area contributed by atoms with Gasteiger partial charge in [0.05, 0.1) is 0 Å². The van der Waals surface area contributed by atoms with Crippen molar-refractivity contribution in [1.29, 1.82) is 0 Å². The van der Waals surface area contributed by atoms with E-state index in [2.05, 4.69) is 30.3 Å². The van der Waals surface area contributed by atoms with E-state index in [1.807, 2.05) is 40.9 Å². The minimum absolute atomic E-state index is 0.290. The SMILES string of the molecule is c1ccc(-c2n[nH]c([C@@H]3CCCN(c4nccn5cnnc45)C3)n2)cc1. The first-order chi connectivity index (χ1) is 12.9. The number of hydrogen-bond donors (Lipinski definition) is 1. The molecule has 8 heteroatoms. The van der Waals surface area contributed by atoms with E-state index in [1.165, 1.54) is 0 Å². The highest BCUT2D eigenvalue weighted by Gasteiger charge is 2.26. The summed E-state index contributed by atoms with van der Waals surface area (Å²) in [6, 6.07) is 10.0. The van der Waals surface area contributed by atoms with Crippen LogP contribution < -0.4 is 4.90 Å². The largest absolute Gasteiger partial charge is 0.353 e. The molecule has 8 nitrogen and oxygen atoms in total. The van der Waals surface area contributed by atoms with Gasteiger partial charge < -0.3 is 4.90 Å². The van der Waals surface area contributed by atoms with E-state index in [0.717, 1.165) is 54.6 Å². The highest BCUT2D eigenvalue weighted by Crippen LogP contribution is 2.29. The van der Waals surface area contributed by atoms with Crippen molar-refractivity contribution in [2.24, 2.45) is 0 Å². The Morgan fingerprint density at radius 2 is 2.08 bits per heavy atom. The minimum atomic E-state index is 0.290. The van der Waals surface area contributed by atoms with Crippen LogP contribution in [0, 0.1) is 0 Å². The van der Waals surface area contributed by atoms with Crippen LogP contribution in [-0.4, -0.2) is 47.9 Å². The molecular weight excluding hydrogens is 328 g/mol. The van der Waals surface area contributed by atoms with Crippen molar-refractivity contribution in [3.05, 3.63) is 54.9 Å². The predicted molar refractivity (Wildman–Crippen MR) is 96.8 cm³/mol. The molecule has 4 aromatic rings. The summed E-state index contributed by atoms with van der Waals surface area (Å²) in [5.74, 6) is 2.84. The quantitative estimate of drug-likeness (QED) is 0.612. The van der Waals surface area contributed by atoms with Gasteiger partial charge in [0.2, 0.25) is 5.65 Å². The number of rotatable bonds is 3. The smallest absolute Gasteiger partial charge is 0.203 e. The number of fused-ring (bicyclic) bond motifs is 1. The zero-order chi connectivity index (χ0) is 17.3. The summed E-state index contributed by atoms with van der Waals surface area (Å²) in [7, 11) is 0. The fraction of sp³-hybridized carbons (Fsp3) is 0.278. The third-order valence-electron chi connectivity index (χ3n) is 4.84. The van der Waals surface area contributed by atoms with Crippen molar-refractivity contribution >= 4 is 11.5 Å². The summed E-state index contributed by atoms with van der Waals surface area (Å²) >= 11 is 0. The molecule has 0 amide bonds. The molecule has 1 aliphatic rings. The lowest BCUT2D eigenvalue weighted by molar-refractivity contribution is 0.490. The van der Waals surface area contributed by atoms with E-state index in [1.54, 1.807) is 12.5 Å². The summed E-state index contributed by atoms with van der Waals surface area (Å²) in [6.07, 6.45) is 7.50. The van der Waals surface area contributed by atoms with Gasteiger partial charge in [-0.1, -0.05) is 30.3 Å².